The zero-order chi connectivity index (χ0) is 23.5. The van der Waals surface area contributed by atoms with E-state index < -0.39 is 0 Å². The molecule has 188 valence electrons. The number of para-hydroxylation sites is 2. The van der Waals surface area contributed by atoms with Crippen molar-refractivity contribution in [1.82, 2.24) is 10.2 Å². The number of piperidine rings is 1. The zero-order valence-corrected chi connectivity index (χ0v) is 20.9. The molecule has 2 aromatic carbocycles. The first-order chi connectivity index (χ1) is 16.6. The number of nitrogens with zero attached hydrogens (tertiary/aromatic N) is 3. The van der Waals surface area contributed by atoms with E-state index in [-0.39, 0.29) is 30.8 Å². The van der Waals surface area contributed by atoms with Crippen molar-refractivity contribution in [1.29, 1.82) is 0 Å². The van der Waals surface area contributed by atoms with Gasteiger partial charge in [0.1, 0.15) is 19.8 Å². The van der Waals surface area contributed by atoms with E-state index in [2.05, 4.69) is 22.3 Å². The number of amides is 2. The van der Waals surface area contributed by atoms with Gasteiger partial charge in [0.15, 0.2) is 11.5 Å². The zero-order valence-electron chi connectivity index (χ0n) is 20.1. The van der Waals surface area contributed by atoms with Gasteiger partial charge in [-0.25, -0.2) is 0 Å². The fourth-order valence-electron chi connectivity index (χ4n) is 4.95. The number of carbonyl (C=O) groups excluding carboxylic acids is 2. The van der Waals surface area contributed by atoms with Crippen molar-refractivity contribution < 1.29 is 19.1 Å². The van der Waals surface area contributed by atoms with Crippen LogP contribution in [0.15, 0.2) is 42.5 Å². The van der Waals surface area contributed by atoms with E-state index in [0.29, 0.717) is 25.8 Å². The second-order valence-corrected chi connectivity index (χ2v) is 9.11. The lowest BCUT2D eigenvalue weighted by molar-refractivity contribution is -0.121. The van der Waals surface area contributed by atoms with Gasteiger partial charge in [-0.05, 0) is 55.8 Å². The molecule has 1 fully saturated rings. The van der Waals surface area contributed by atoms with E-state index in [1.54, 1.807) is 4.90 Å². The van der Waals surface area contributed by atoms with Crippen LogP contribution in [-0.4, -0.2) is 68.7 Å². The van der Waals surface area contributed by atoms with E-state index in [9.17, 15) is 9.59 Å². The van der Waals surface area contributed by atoms with Gasteiger partial charge in [-0.2, -0.15) is 0 Å². The molecule has 0 saturated carbocycles. The predicted molar refractivity (Wildman–Crippen MR) is 138 cm³/mol. The topological polar surface area (TPSA) is 74.4 Å². The van der Waals surface area contributed by atoms with Crippen LogP contribution in [0.2, 0.25) is 0 Å². The van der Waals surface area contributed by atoms with Gasteiger partial charge in [0.25, 0.3) is 0 Å². The smallest absolute Gasteiger partial charge is 0.247 e. The number of fused-ring (bicyclic) bond motifs is 2. The minimum atomic E-state index is -0.105. The maximum absolute atomic E-state index is 12.8. The molecule has 2 amide bonds. The summed E-state index contributed by atoms with van der Waals surface area (Å²) in [4.78, 5) is 30.6. The molecule has 0 radical (unpaired) electrons. The van der Waals surface area contributed by atoms with Crippen LogP contribution in [0.25, 0.3) is 0 Å². The third-order valence-electron chi connectivity index (χ3n) is 6.87. The molecule has 1 saturated heterocycles. The molecule has 0 bridgehead atoms. The first kappa shape index (κ1) is 25.3. The van der Waals surface area contributed by atoms with Gasteiger partial charge < -0.3 is 29.5 Å². The van der Waals surface area contributed by atoms with E-state index >= 15 is 0 Å². The summed E-state index contributed by atoms with van der Waals surface area (Å²) < 4.78 is 11.3. The molecule has 2 aromatic rings. The van der Waals surface area contributed by atoms with Gasteiger partial charge in [-0.3, -0.25) is 9.59 Å². The molecule has 35 heavy (non-hydrogen) atoms. The van der Waals surface area contributed by atoms with Crippen LogP contribution in [0, 0.1) is 0 Å². The third kappa shape index (κ3) is 5.72. The monoisotopic (exact) mass is 500 g/mol. The lowest BCUT2D eigenvalue weighted by Gasteiger charge is -2.38. The van der Waals surface area contributed by atoms with Crippen LogP contribution in [-0.2, 0) is 16.1 Å². The van der Waals surface area contributed by atoms with Crippen molar-refractivity contribution in [2.45, 2.75) is 32.4 Å². The van der Waals surface area contributed by atoms with E-state index in [4.69, 9.17) is 9.47 Å². The molecule has 0 aromatic heterocycles. The summed E-state index contributed by atoms with van der Waals surface area (Å²) in [6.07, 6.45) is 2.15. The SMILES string of the molecule is CC(=O)N1CC(=O)N(CCN2CCC(NCc3ccc4c(c3)OCCO4)CC2)c2ccccc21.Cl. The van der Waals surface area contributed by atoms with Gasteiger partial charge >= 0.3 is 0 Å². The summed E-state index contributed by atoms with van der Waals surface area (Å²) in [6.45, 7) is 7.11. The van der Waals surface area contributed by atoms with Gasteiger partial charge in [-0.15, -0.1) is 12.4 Å². The average Bonchev–Trinajstić information content (AvgIpc) is 2.87. The third-order valence-corrected chi connectivity index (χ3v) is 6.87. The average molecular weight is 501 g/mol. The highest BCUT2D eigenvalue weighted by molar-refractivity contribution is 6.10. The van der Waals surface area contributed by atoms with Crippen molar-refractivity contribution in [2.75, 3.05) is 55.7 Å². The standard InChI is InChI=1S/C26H32N4O4.ClH/c1-19(31)30-18-26(32)29(22-4-2-3-5-23(22)30)13-12-28-10-8-21(9-11-28)27-17-20-6-7-24-25(16-20)34-15-14-33-24;/h2-7,16,21,27H,8-15,17-18H2,1H3;1H. The van der Waals surface area contributed by atoms with Crippen molar-refractivity contribution >= 4 is 35.6 Å². The Hall–Kier alpha value is -2.81. The molecule has 0 unspecified atom stereocenters. The lowest BCUT2D eigenvalue weighted by atomic mass is 10.0. The maximum Gasteiger partial charge on any atom is 0.247 e. The fourth-order valence-corrected chi connectivity index (χ4v) is 4.95. The van der Waals surface area contributed by atoms with Crippen LogP contribution in [0.5, 0.6) is 11.5 Å². The van der Waals surface area contributed by atoms with E-state index in [1.165, 1.54) is 12.5 Å². The van der Waals surface area contributed by atoms with Crippen molar-refractivity contribution in [3.63, 3.8) is 0 Å². The number of benzene rings is 2. The molecule has 3 heterocycles. The second kappa shape index (κ2) is 11.3. The number of hydrogen-bond donors (Lipinski definition) is 1. The summed E-state index contributed by atoms with van der Waals surface area (Å²) in [5.41, 5.74) is 2.84. The van der Waals surface area contributed by atoms with Crippen molar-refractivity contribution in [3.8, 4) is 11.5 Å². The molecule has 1 N–H and O–H groups in total. The minimum Gasteiger partial charge on any atom is -0.486 e. The highest BCUT2D eigenvalue weighted by Gasteiger charge is 2.31. The molecule has 0 aliphatic carbocycles. The van der Waals surface area contributed by atoms with Gasteiger partial charge in [0, 0.05) is 32.6 Å². The van der Waals surface area contributed by atoms with Gasteiger partial charge in [-0.1, -0.05) is 18.2 Å². The van der Waals surface area contributed by atoms with Crippen LogP contribution in [0.4, 0.5) is 11.4 Å². The highest BCUT2D eigenvalue weighted by atomic mass is 35.5. The normalized spacial score (nSPS) is 18.1. The van der Waals surface area contributed by atoms with Crippen molar-refractivity contribution in [2.24, 2.45) is 0 Å². The van der Waals surface area contributed by atoms with Gasteiger partial charge in [0.05, 0.1) is 11.4 Å². The number of anilines is 2. The maximum atomic E-state index is 12.8. The summed E-state index contributed by atoms with van der Waals surface area (Å²) in [5.74, 6) is 1.53. The predicted octanol–water partition coefficient (Wildman–Crippen LogP) is 2.83. The van der Waals surface area contributed by atoms with Gasteiger partial charge in [0.2, 0.25) is 11.8 Å². The van der Waals surface area contributed by atoms with Crippen LogP contribution < -0.4 is 24.6 Å². The quantitative estimate of drug-likeness (QED) is 0.657. The summed E-state index contributed by atoms with van der Waals surface area (Å²) in [6, 6.07) is 14.3. The molecular weight excluding hydrogens is 468 g/mol. The van der Waals surface area contributed by atoms with E-state index in [1.807, 2.05) is 35.2 Å². The van der Waals surface area contributed by atoms with Crippen LogP contribution >= 0.6 is 12.4 Å². The second-order valence-electron chi connectivity index (χ2n) is 9.11. The van der Waals surface area contributed by atoms with Crippen LogP contribution in [0.3, 0.4) is 0 Å². The van der Waals surface area contributed by atoms with Crippen LogP contribution in [0.1, 0.15) is 25.3 Å². The minimum absolute atomic E-state index is 0. The molecule has 0 spiro atoms. The Morgan fingerprint density at radius 3 is 2.46 bits per heavy atom. The first-order valence-corrected chi connectivity index (χ1v) is 12.1. The number of likely N-dealkylation sites (tertiary alicyclic amines) is 1. The largest absolute Gasteiger partial charge is 0.486 e. The summed E-state index contributed by atoms with van der Waals surface area (Å²) >= 11 is 0. The highest BCUT2D eigenvalue weighted by Crippen LogP contribution is 2.33. The lowest BCUT2D eigenvalue weighted by Crippen LogP contribution is -2.50. The molecule has 8 nitrogen and oxygen atoms in total. The number of nitrogens with one attached hydrogen (secondary N) is 1. The molecule has 0 atom stereocenters. The summed E-state index contributed by atoms with van der Waals surface area (Å²) in [5, 5.41) is 3.68. The Balaban J connectivity index is 0.00000289. The molecular formula is C26H33ClN4O4. The number of halogens is 1. The molecule has 3 aliphatic heterocycles. The number of ether oxygens (including phenoxy) is 2. The molecule has 9 heteroatoms. The Labute approximate surface area is 212 Å². The van der Waals surface area contributed by atoms with E-state index in [0.717, 1.165) is 61.9 Å². The number of hydrogen-bond acceptors (Lipinski definition) is 6. The molecule has 3 aliphatic rings. The fraction of sp³-hybridized carbons (Fsp3) is 0.462. The Morgan fingerprint density at radius 2 is 1.71 bits per heavy atom. The molecule has 5 rings (SSSR count). The Morgan fingerprint density at radius 1 is 1.00 bits per heavy atom. The Bertz CT molecular complexity index is 1060. The summed E-state index contributed by atoms with van der Waals surface area (Å²) in [7, 11) is 0. The Kier molecular flexibility index (Phi) is 8.15. The van der Waals surface area contributed by atoms with Crippen molar-refractivity contribution in [3.05, 3.63) is 48.0 Å². The number of carbonyl (C=O) groups is 2. The number of rotatable bonds is 6. The first-order valence-electron chi connectivity index (χ1n) is 12.1.